The van der Waals surface area contributed by atoms with Crippen molar-refractivity contribution in [2.45, 2.75) is 4.21 Å². The highest BCUT2D eigenvalue weighted by Gasteiger charge is 2.15. The van der Waals surface area contributed by atoms with Crippen LogP contribution in [0, 0.1) is 5.82 Å². The highest BCUT2D eigenvalue weighted by Crippen LogP contribution is 2.32. The molecule has 0 N–H and O–H groups in total. The topological polar surface area (TPSA) is 34.1 Å². The summed E-state index contributed by atoms with van der Waals surface area (Å²) in [7, 11) is 1.39. The number of fused-ring (bicyclic) bond motifs is 1. The molecule has 0 fully saturated rings. The molecule has 14 heavy (non-hydrogen) atoms. The van der Waals surface area contributed by atoms with E-state index in [-0.39, 0.29) is 9.60 Å². The molecule has 0 aliphatic carbocycles. The van der Waals surface area contributed by atoms with Crippen LogP contribution in [-0.2, 0) is 9.05 Å². The first-order chi connectivity index (χ1) is 6.48. The van der Waals surface area contributed by atoms with Gasteiger partial charge in [0.2, 0.25) is 0 Å². The minimum Gasteiger partial charge on any atom is -0.206 e. The highest BCUT2D eigenvalue weighted by molar-refractivity contribution is 8.15. The van der Waals surface area contributed by atoms with Gasteiger partial charge in [-0.1, -0.05) is 6.07 Å². The average molecular weight is 251 g/mol. The van der Waals surface area contributed by atoms with E-state index in [0.29, 0.717) is 4.70 Å². The van der Waals surface area contributed by atoms with E-state index in [0.717, 1.165) is 11.3 Å². The molecule has 2 nitrogen and oxygen atoms in total. The van der Waals surface area contributed by atoms with Gasteiger partial charge in [-0.3, -0.25) is 0 Å². The van der Waals surface area contributed by atoms with Crippen molar-refractivity contribution in [2.75, 3.05) is 0 Å². The van der Waals surface area contributed by atoms with Gasteiger partial charge in [0.1, 0.15) is 10.0 Å². The zero-order chi connectivity index (χ0) is 10.3. The molecule has 74 valence electrons. The number of thiophene rings is 1. The van der Waals surface area contributed by atoms with Crippen molar-refractivity contribution in [3.63, 3.8) is 0 Å². The van der Waals surface area contributed by atoms with Gasteiger partial charge in [-0.2, -0.15) is 0 Å². The fourth-order valence-electron chi connectivity index (χ4n) is 1.12. The Labute approximate surface area is 88.4 Å². The minimum absolute atomic E-state index is 0.0285. The maximum Gasteiger partial charge on any atom is 0.270 e. The lowest BCUT2D eigenvalue weighted by molar-refractivity contribution is 0.611. The van der Waals surface area contributed by atoms with Crippen molar-refractivity contribution in [3.8, 4) is 0 Å². The van der Waals surface area contributed by atoms with E-state index in [4.69, 9.17) is 10.7 Å². The van der Waals surface area contributed by atoms with Crippen molar-refractivity contribution in [1.29, 1.82) is 0 Å². The van der Waals surface area contributed by atoms with Crippen LogP contribution < -0.4 is 0 Å². The number of rotatable bonds is 1. The second-order valence-electron chi connectivity index (χ2n) is 2.65. The Morgan fingerprint density at radius 3 is 2.64 bits per heavy atom. The monoisotopic (exact) mass is 250 g/mol. The molecule has 0 aliphatic rings. The zero-order valence-electron chi connectivity index (χ0n) is 6.70. The Bertz CT molecular complexity index is 588. The highest BCUT2D eigenvalue weighted by atomic mass is 35.7. The molecule has 0 spiro atoms. The smallest absolute Gasteiger partial charge is 0.206 e. The van der Waals surface area contributed by atoms with Crippen LogP contribution in [0.1, 0.15) is 0 Å². The predicted octanol–water partition coefficient (Wildman–Crippen LogP) is 2.97. The van der Waals surface area contributed by atoms with Gasteiger partial charge in [0.15, 0.2) is 0 Å². The Hall–Kier alpha value is -0.650. The van der Waals surface area contributed by atoms with Crippen molar-refractivity contribution in [3.05, 3.63) is 30.1 Å². The average Bonchev–Trinajstić information content (AvgIpc) is 2.48. The Kier molecular flexibility index (Phi) is 2.25. The lowest BCUT2D eigenvalue weighted by Gasteiger charge is -1.87. The summed E-state index contributed by atoms with van der Waals surface area (Å²) in [4.78, 5) is 0. The third-order valence-electron chi connectivity index (χ3n) is 1.73. The van der Waals surface area contributed by atoms with Crippen LogP contribution in [0.5, 0.6) is 0 Å². The van der Waals surface area contributed by atoms with Crippen LogP contribution in [0.4, 0.5) is 4.39 Å². The SMILES string of the molecule is O=S(=O)(Cl)c1cc2c(F)cccc2s1. The molecule has 1 aromatic carbocycles. The molecule has 0 unspecified atom stereocenters. The molecule has 1 aromatic heterocycles. The van der Waals surface area contributed by atoms with E-state index in [1.165, 1.54) is 18.2 Å². The molecule has 2 aromatic rings. The molecular formula is C8H4ClFO2S2. The maximum absolute atomic E-state index is 13.2. The maximum atomic E-state index is 13.2. The molecule has 0 atom stereocenters. The molecule has 1 heterocycles. The van der Waals surface area contributed by atoms with E-state index < -0.39 is 14.9 Å². The summed E-state index contributed by atoms with van der Waals surface area (Å²) in [6.45, 7) is 0. The van der Waals surface area contributed by atoms with Crippen molar-refractivity contribution in [1.82, 2.24) is 0 Å². The third-order valence-corrected chi connectivity index (χ3v) is 4.90. The second-order valence-corrected chi connectivity index (χ2v) is 6.53. The summed E-state index contributed by atoms with van der Waals surface area (Å²) in [6, 6.07) is 5.70. The lowest BCUT2D eigenvalue weighted by Crippen LogP contribution is -1.83. The van der Waals surface area contributed by atoms with Gasteiger partial charge >= 0.3 is 0 Å². The normalized spacial score (nSPS) is 12.1. The molecule has 0 amide bonds. The quantitative estimate of drug-likeness (QED) is 0.730. The van der Waals surface area contributed by atoms with E-state index in [1.807, 2.05) is 0 Å². The zero-order valence-corrected chi connectivity index (χ0v) is 9.09. The van der Waals surface area contributed by atoms with Crippen LogP contribution >= 0.6 is 22.0 Å². The molecule has 0 saturated heterocycles. The summed E-state index contributed by atoms with van der Waals surface area (Å²) >= 11 is 0.958. The minimum atomic E-state index is -3.76. The summed E-state index contributed by atoms with van der Waals surface area (Å²) in [5.74, 6) is -0.440. The van der Waals surface area contributed by atoms with E-state index in [9.17, 15) is 12.8 Å². The largest absolute Gasteiger partial charge is 0.270 e. The predicted molar refractivity (Wildman–Crippen MR) is 54.8 cm³/mol. The number of benzene rings is 1. The van der Waals surface area contributed by atoms with Gasteiger partial charge in [-0.05, 0) is 18.2 Å². The number of hydrogen-bond acceptors (Lipinski definition) is 3. The van der Waals surface area contributed by atoms with Gasteiger partial charge in [0.25, 0.3) is 9.05 Å². The number of halogens is 2. The molecule has 2 rings (SSSR count). The Morgan fingerprint density at radius 1 is 1.36 bits per heavy atom. The molecule has 0 radical (unpaired) electrons. The first-order valence-electron chi connectivity index (χ1n) is 3.61. The lowest BCUT2D eigenvalue weighted by atomic mass is 10.2. The first-order valence-corrected chi connectivity index (χ1v) is 6.74. The molecule has 0 bridgehead atoms. The van der Waals surface area contributed by atoms with E-state index in [2.05, 4.69) is 0 Å². The molecule has 6 heteroatoms. The van der Waals surface area contributed by atoms with Crippen molar-refractivity contribution >= 4 is 41.2 Å². The van der Waals surface area contributed by atoms with Gasteiger partial charge in [0, 0.05) is 20.8 Å². The summed E-state index contributed by atoms with van der Waals surface area (Å²) in [5.41, 5.74) is 0. The van der Waals surface area contributed by atoms with Crippen molar-refractivity contribution < 1.29 is 12.8 Å². The van der Waals surface area contributed by atoms with Crippen LogP contribution in [0.2, 0.25) is 0 Å². The number of hydrogen-bond donors (Lipinski definition) is 0. The summed E-state index contributed by atoms with van der Waals surface area (Å²) in [5, 5.41) is 0.289. The second kappa shape index (κ2) is 3.18. The first kappa shape index (κ1) is 9.89. The van der Waals surface area contributed by atoms with E-state index >= 15 is 0 Å². The van der Waals surface area contributed by atoms with Crippen LogP contribution in [-0.4, -0.2) is 8.42 Å². The standard InChI is InChI=1S/C8H4ClFO2S2/c9-14(11,12)8-4-5-6(10)2-1-3-7(5)13-8/h1-4H. The third kappa shape index (κ3) is 1.63. The summed E-state index contributed by atoms with van der Waals surface area (Å²) in [6.07, 6.45) is 0. The van der Waals surface area contributed by atoms with Gasteiger partial charge in [-0.25, -0.2) is 12.8 Å². The summed E-state index contributed by atoms with van der Waals surface area (Å²) < 4.78 is 35.6. The van der Waals surface area contributed by atoms with Crippen LogP contribution in [0.25, 0.3) is 10.1 Å². The van der Waals surface area contributed by atoms with Gasteiger partial charge < -0.3 is 0 Å². The fourth-order valence-corrected chi connectivity index (χ4v) is 3.27. The molecular weight excluding hydrogens is 247 g/mol. The Morgan fingerprint density at radius 2 is 2.07 bits per heavy atom. The molecule has 0 aliphatic heterocycles. The van der Waals surface area contributed by atoms with Gasteiger partial charge in [0.05, 0.1) is 0 Å². The fraction of sp³-hybridized carbons (Fsp3) is 0. The van der Waals surface area contributed by atoms with E-state index in [1.54, 1.807) is 6.07 Å². The van der Waals surface area contributed by atoms with Crippen LogP contribution in [0.3, 0.4) is 0 Å². The Balaban J connectivity index is 2.81. The molecule has 0 saturated carbocycles. The van der Waals surface area contributed by atoms with Crippen LogP contribution in [0.15, 0.2) is 28.5 Å². The van der Waals surface area contributed by atoms with Crippen molar-refractivity contribution in [2.24, 2.45) is 0 Å². The van der Waals surface area contributed by atoms with Gasteiger partial charge in [-0.15, -0.1) is 11.3 Å².